The Balaban J connectivity index is 1.52. The average Bonchev–Trinajstić information content (AvgIpc) is 3.11. The Bertz CT molecular complexity index is 1110. The van der Waals surface area contributed by atoms with Crippen LogP contribution < -0.4 is 10.9 Å². The maximum absolute atomic E-state index is 13.0. The molecule has 2 aromatic heterocycles. The number of benzene rings is 1. The van der Waals surface area contributed by atoms with Crippen molar-refractivity contribution in [3.8, 4) is 0 Å². The zero-order valence-corrected chi connectivity index (χ0v) is 18.0. The lowest BCUT2D eigenvalue weighted by molar-refractivity contribution is -0.123. The van der Waals surface area contributed by atoms with E-state index in [9.17, 15) is 9.59 Å². The van der Waals surface area contributed by atoms with Gasteiger partial charge in [0.25, 0.3) is 5.56 Å². The Hall–Kier alpha value is -2.71. The summed E-state index contributed by atoms with van der Waals surface area (Å²) in [7, 11) is 1.63. The first-order valence-corrected chi connectivity index (χ1v) is 10.7. The SMILES string of the molecule is CCN1CCN(CCNC(=O)[C@H](C)n2c3ccccc3c3cnn(C)c(=O)c32)CC1. The monoisotopic (exact) mass is 410 g/mol. The Morgan fingerprint density at radius 1 is 1.13 bits per heavy atom. The molecule has 1 fully saturated rings. The summed E-state index contributed by atoms with van der Waals surface area (Å²) in [5.41, 5.74) is 1.19. The summed E-state index contributed by atoms with van der Waals surface area (Å²) in [6.07, 6.45) is 1.70. The molecule has 4 rings (SSSR count). The topological polar surface area (TPSA) is 75.4 Å². The van der Waals surface area contributed by atoms with E-state index in [1.807, 2.05) is 35.8 Å². The lowest BCUT2D eigenvalue weighted by Crippen LogP contribution is -2.48. The number of aryl methyl sites for hydroxylation is 1. The molecule has 1 saturated heterocycles. The third-order valence-electron chi connectivity index (χ3n) is 6.21. The van der Waals surface area contributed by atoms with E-state index in [-0.39, 0.29) is 11.5 Å². The molecule has 3 aromatic rings. The largest absolute Gasteiger partial charge is 0.353 e. The second-order valence-corrected chi connectivity index (χ2v) is 7.97. The molecule has 8 nitrogen and oxygen atoms in total. The van der Waals surface area contributed by atoms with Crippen molar-refractivity contribution in [1.29, 1.82) is 0 Å². The van der Waals surface area contributed by atoms with Gasteiger partial charge in [0, 0.05) is 57.1 Å². The van der Waals surface area contributed by atoms with E-state index in [2.05, 4.69) is 27.1 Å². The van der Waals surface area contributed by atoms with Gasteiger partial charge in [0.2, 0.25) is 5.91 Å². The summed E-state index contributed by atoms with van der Waals surface area (Å²) in [5.74, 6) is -0.0799. The molecule has 160 valence electrons. The average molecular weight is 411 g/mol. The van der Waals surface area contributed by atoms with Gasteiger partial charge in [0.1, 0.15) is 11.6 Å². The number of aromatic nitrogens is 3. The molecule has 0 spiro atoms. The Morgan fingerprint density at radius 3 is 2.57 bits per heavy atom. The zero-order chi connectivity index (χ0) is 21.3. The minimum absolute atomic E-state index is 0.0799. The molecule has 1 aliphatic rings. The molecule has 1 aliphatic heterocycles. The number of carbonyl (C=O) groups excluding carboxylic acids is 1. The molecule has 0 bridgehead atoms. The second kappa shape index (κ2) is 8.57. The van der Waals surface area contributed by atoms with Gasteiger partial charge in [-0.05, 0) is 19.5 Å². The molecular weight excluding hydrogens is 380 g/mol. The molecule has 1 atom stereocenters. The molecule has 3 heterocycles. The molecule has 1 amide bonds. The fourth-order valence-corrected chi connectivity index (χ4v) is 4.32. The molecular formula is C22H30N6O2. The van der Waals surface area contributed by atoms with E-state index >= 15 is 0 Å². The smallest absolute Gasteiger partial charge is 0.291 e. The number of nitrogens with one attached hydrogen (secondary N) is 1. The van der Waals surface area contributed by atoms with Crippen LogP contribution in [0.1, 0.15) is 19.9 Å². The van der Waals surface area contributed by atoms with Crippen LogP contribution in [0.4, 0.5) is 0 Å². The third-order valence-corrected chi connectivity index (χ3v) is 6.21. The van der Waals surface area contributed by atoms with Gasteiger partial charge in [0.05, 0.1) is 11.7 Å². The van der Waals surface area contributed by atoms with E-state index in [0.717, 1.165) is 55.6 Å². The highest BCUT2D eigenvalue weighted by Crippen LogP contribution is 2.29. The van der Waals surface area contributed by atoms with E-state index in [0.29, 0.717) is 12.1 Å². The third kappa shape index (κ3) is 3.73. The van der Waals surface area contributed by atoms with Gasteiger partial charge < -0.3 is 14.8 Å². The summed E-state index contributed by atoms with van der Waals surface area (Å²) in [4.78, 5) is 30.7. The maximum atomic E-state index is 13.0. The number of nitrogens with zero attached hydrogens (tertiary/aromatic N) is 5. The van der Waals surface area contributed by atoms with Crippen LogP contribution in [0.5, 0.6) is 0 Å². The Kier molecular flexibility index (Phi) is 5.87. The summed E-state index contributed by atoms with van der Waals surface area (Å²) in [6, 6.07) is 7.28. The Morgan fingerprint density at radius 2 is 1.83 bits per heavy atom. The molecule has 0 radical (unpaired) electrons. The first-order valence-electron chi connectivity index (χ1n) is 10.7. The minimum atomic E-state index is -0.501. The van der Waals surface area contributed by atoms with Gasteiger partial charge in [0.15, 0.2) is 0 Å². The van der Waals surface area contributed by atoms with Crippen molar-refractivity contribution in [2.75, 3.05) is 45.8 Å². The number of hydrogen-bond acceptors (Lipinski definition) is 5. The highest BCUT2D eigenvalue weighted by molar-refractivity contribution is 6.08. The first-order chi connectivity index (χ1) is 14.5. The van der Waals surface area contributed by atoms with Crippen molar-refractivity contribution >= 4 is 27.7 Å². The quantitative estimate of drug-likeness (QED) is 0.661. The predicted octanol–water partition coefficient (Wildman–Crippen LogP) is 1.20. The van der Waals surface area contributed by atoms with Crippen molar-refractivity contribution in [2.24, 2.45) is 7.05 Å². The fourth-order valence-electron chi connectivity index (χ4n) is 4.32. The molecule has 8 heteroatoms. The van der Waals surface area contributed by atoms with Gasteiger partial charge in [-0.3, -0.25) is 14.5 Å². The fraction of sp³-hybridized carbons (Fsp3) is 0.500. The second-order valence-electron chi connectivity index (χ2n) is 7.97. The van der Waals surface area contributed by atoms with Crippen LogP contribution in [0.15, 0.2) is 35.3 Å². The number of fused-ring (bicyclic) bond motifs is 3. The number of hydrogen-bond donors (Lipinski definition) is 1. The first kappa shape index (κ1) is 20.6. The van der Waals surface area contributed by atoms with Crippen LogP contribution in [0.2, 0.25) is 0 Å². The van der Waals surface area contributed by atoms with Crippen molar-refractivity contribution in [2.45, 2.75) is 19.9 Å². The van der Waals surface area contributed by atoms with Crippen LogP contribution >= 0.6 is 0 Å². The van der Waals surface area contributed by atoms with Gasteiger partial charge in [-0.2, -0.15) is 5.10 Å². The van der Waals surface area contributed by atoms with Crippen molar-refractivity contribution in [1.82, 2.24) is 29.5 Å². The standard InChI is InChI=1S/C22H30N6O2/c1-4-26-11-13-27(14-12-26)10-9-23-21(29)16(2)28-19-8-6-5-7-17(19)18-15-24-25(3)22(30)20(18)28/h5-8,15-16H,4,9-14H2,1-3H3,(H,23,29)/t16-/m0/s1. The molecule has 30 heavy (non-hydrogen) atoms. The maximum Gasteiger partial charge on any atom is 0.291 e. The van der Waals surface area contributed by atoms with E-state index in [1.54, 1.807) is 13.2 Å². The van der Waals surface area contributed by atoms with Crippen molar-refractivity contribution in [3.05, 3.63) is 40.8 Å². The Labute approximate surface area is 176 Å². The van der Waals surface area contributed by atoms with Gasteiger partial charge >= 0.3 is 0 Å². The molecule has 0 saturated carbocycles. The highest BCUT2D eigenvalue weighted by atomic mass is 16.2. The van der Waals surface area contributed by atoms with Crippen molar-refractivity contribution < 1.29 is 4.79 Å². The highest BCUT2D eigenvalue weighted by Gasteiger charge is 2.23. The number of rotatable bonds is 6. The lowest BCUT2D eigenvalue weighted by atomic mass is 10.2. The predicted molar refractivity (Wildman–Crippen MR) is 119 cm³/mol. The minimum Gasteiger partial charge on any atom is -0.353 e. The normalized spacial score (nSPS) is 16.9. The molecule has 0 unspecified atom stereocenters. The number of amides is 1. The van der Waals surface area contributed by atoms with Crippen molar-refractivity contribution in [3.63, 3.8) is 0 Å². The summed E-state index contributed by atoms with van der Waals surface area (Å²) < 4.78 is 3.17. The number of para-hydroxylation sites is 1. The van der Waals surface area contributed by atoms with Crippen LogP contribution in [0.3, 0.4) is 0 Å². The van der Waals surface area contributed by atoms with E-state index < -0.39 is 6.04 Å². The van der Waals surface area contributed by atoms with Gasteiger partial charge in [-0.1, -0.05) is 25.1 Å². The molecule has 1 aromatic carbocycles. The molecule has 0 aliphatic carbocycles. The van der Waals surface area contributed by atoms with Crippen LogP contribution in [0.25, 0.3) is 21.8 Å². The zero-order valence-electron chi connectivity index (χ0n) is 18.0. The van der Waals surface area contributed by atoms with E-state index in [1.165, 1.54) is 4.68 Å². The van der Waals surface area contributed by atoms with Crippen LogP contribution in [0, 0.1) is 0 Å². The number of piperazine rings is 1. The number of likely N-dealkylation sites (N-methyl/N-ethyl adjacent to an activating group) is 1. The van der Waals surface area contributed by atoms with Crippen LogP contribution in [-0.2, 0) is 11.8 Å². The summed E-state index contributed by atoms with van der Waals surface area (Å²) in [6.45, 7) is 10.8. The van der Waals surface area contributed by atoms with Gasteiger partial charge in [-0.15, -0.1) is 0 Å². The molecule has 1 N–H and O–H groups in total. The van der Waals surface area contributed by atoms with Gasteiger partial charge in [-0.25, -0.2) is 4.68 Å². The number of carbonyl (C=O) groups is 1. The van der Waals surface area contributed by atoms with E-state index in [4.69, 9.17) is 0 Å². The van der Waals surface area contributed by atoms with Crippen LogP contribution in [-0.4, -0.2) is 75.9 Å². The lowest BCUT2D eigenvalue weighted by Gasteiger charge is -2.34. The summed E-state index contributed by atoms with van der Waals surface area (Å²) >= 11 is 0. The summed E-state index contributed by atoms with van der Waals surface area (Å²) in [5, 5.41) is 8.95.